The highest BCUT2D eigenvalue weighted by Crippen LogP contribution is 2.43. The molecule has 6 heterocycles. The van der Waals surface area contributed by atoms with Crippen molar-refractivity contribution in [1.29, 1.82) is 5.26 Å². The van der Waals surface area contributed by atoms with E-state index in [0.29, 0.717) is 63.7 Å². The summed E-state index contributed by atoms with van der Waals surface area (Å²) in [6.07, 6.45) is 7.20. The van der Waals surface area contributed by atoms with E-state index < -0.39 is 23.3 Å². The monoisotopic (exact) mass is 975 g/mol. The molecule has 4 aromatic rings. The van der Waals surface area contributed by atoms with Gasteiger partial charge in [0.25, 0.3) is 11.8 Å². The number of fused-ring (bicyclic) bond motifs is 1. The zero-order chi connectivity index (χ0) is 48.5. The summed E-state index contributed by atoms with van der Waals surface area (Å²) >= 11 is 12.4. The summed E-state index contributed by atoms with van der Waals surface area (Å²) in [5.74, 6) is 0.916. The Morgan fingerprint density at radius 3 is 2.32 bits per heavy atom. The number of ether oxygens (including phenoxy) is 2. The first kappa shape index (κ1) is 48.2. The summed E-state index contributed by atoms with van der Waals surface area (Å²) in [4.78, 5) is 70.6. The van der Waals surface area contributed by atoms with Gasteiger partial charge in [-0.3, -0.25) is 24.2 Å². The molecule has 9 rings (SSSR count). The highest BCUT2D eigenvalue weighted by atomic mass is 35.5. The standard InChI is InChI=1S/C52H59Cl2N9O6/c1-51(2,36-24-34(27-55)47(45(54)25-36)68-23-17-53)35-4-8-42(9-5-35)69-31-37-12-18-57-50(58-37)62-32-52(33-62)15-21-60(22-16-52)38-13-19-59(20-14-38)41-28-61(29-41)39-6-10-43-44(26-39)49(67)63(48(43)66)40(30-64)7-11-46(65)56-3/h4-6,8-10,12,18,24-26,30,38,40-41H,7,11,13-17,19-23,28-29,31-33H2,1-3H3,(H,56,65). The van der Waals surface area contributed by atoms with E-state index in [1.54, 1.807) is 12.1 Å². The number of likely N-dealkylation sites (tertiary alicyclic amines) is 2. The van der Waals surface area contributed by atoms with Crippen LogP contribution in [0, 0.1) is 16.7 Å². The molecule has 5 aliphatic heterocycles. The topological polar surface area (TPSA) is 165 Å². The number of nitrogens with zero attached hydrogens (tertiary/aromatic N) is 8. The number of aldehydes is 1. The number of anilines is 2. The smallest absolute Gasteiger partial charge is 0.262 e. The number of amides is 3. The third-order valence-electron chi connectivity index (χ3n) is 15.2. The van der Waals surface area contributed by atoms with Crippen molar-refractivity contribution in [3.8, 4) is 17.6 Å². The third-order valence-corrected chi connectivity index (χ3v) is 15.6. The predicted octanol–water partition coefficient (Wildman–Crippen LogP) is 6.47. The summed E-state index contributed by atoms with van der Waals surface area (Å²) in [5.41, 5.74) is 4.52. The molecule has 1 atom stereocenters. The average Bonchev–Trinajstić information content (AvgIpc) is 3.59. The van der Waals surface area contributed by atoms with E-state index in [4.69, 9.17) is 37.7 Å². The van der Waals surface area contributed by atoms with Crippen LogP contribution in [0.25, 0.3) is 0 Å². The van der Waals surface area contributed by atoms with Gasteiger partial charge in [0.15, 0.2) is 5.75 Å². The quantitative estimate of drug-likeness (QED) is 0.0697. The first-order valence-corrected chi connectivity index (χ1v) is 24.9. The normalized spacial score (nSPS) is 19.2. The molecule has 4 saturated heterocycles. The largest absolute Gasteiger partial charge is 0.489 e. The second-order valence-corrected chi connectivity index (χ2v) is 20.4. The fourth-order valence-electron chi connectivity index (χ4n) is 10.7. The number of carbonyl (C=O) groups is 4. The number of benzene rings is 3. The Morgan fingerprint density at radius 1 is 0.928 bits per heavy atom. The van der Waals surface area contributed by atoms with Gasteiger partial charge in [0.2, 0.25) is 11.9 Å². The van der Waals surface area contributed by atoms with E-state index in [9.17, 15) is 24.4 Å². The molecule has 0 saturated carbocycles. The Kier molecular flexibility index (Phi) is 14.2. The minimum absolute atomic E-state index is 0.0463. The molecule has 0 radical (unpaired) electrons. The molecule has 4 fully saturated rings. The highest BCUT2D eigenvalue weighted by Gasteiger charge is 2.47. The zero-order valence-electron chi connectivity index (χ0n) is 39.5. The number of rotatable bonds is 17. The minimum Gasteiger partial charge on any atom is -0.489 e. The summed E-state index contributed by atoms with van der Waals surface area (Å²) in [5, 5.41) is 12.7. The van der Waals surface area contributed by atoms with Crippen molar-refractivity contribution >= 4 is 58.8 Å². The number of piperidine rings is 2. The molecule has 362 valence electrons. The number of nitriles is 1. The molecule has 1 N–H and O–H groups in total. The predicted molar refractivity (Wildman–Crippen MR) is 263 cm³/mol. The van der Waals surface area contributed by atoms with E-state index in [-0.39, 0.29) is 25.4 Å². The summed E-state index contributed by atoms with van der Waals surface area (Å²) < 4.78 is 11.8. The van der Waals surface area contributed by atoms with Gasteiger partial charge < -0.3 is 34.3 Å². The molecular weight excluding hydrogens is 918 g/mol. The van der Waals surface area contributed by atoms with Crippen LogP contribution >= 0.6 is 23.2 Å². The van der Waals surface area contributed by atoms with Crippen LogP contribution in [0.2, 0.25) is 5.02 Å². The van der Waals surface area contributed by atoms with E-state index >= 15 is 0 Å². The zero-order valence-corrected chi connectivity index (χ0v) is 41.0. The molecule has 0 bridgehead atoms. The third kappa shape index (κ3) is 9.86. The van der Waals surface area contributed by atoms with Gasteiger partial charge in [0.1, 0.15) is 31.3 Å². The average molecular weight is 977 g/mol. The van der Waals surface area contributed by atoms with Gasteiger partial charge in [0, 0.05) is 87.5 Å². The number of hydrogen-bond donors (Lipinski definition) is 1. The Balaban J connectivity index is 0.700. The second kappa shape index (κ2) is 20.3. The van der Waals surface area contributed by atoms with Gasteiger partial charge in [-0.25, -0.2) is 9.97 Å². The Bertz CT molecular complexity index is 2610. The van der Waals surface area contributed by atoms with Gasteiger partial charge in [-0.15, -0.1) is 11.6 Å². The maximum atomic E-state index is 13.4. The van der Waals surface area contributed by atoms with Crippen LogP contribution in [0.3, 0.4) is 0 Å². The van der Waals surface area contributed by atoms with Crippen molar-refractivity contribution in [2.45, 2.75) is 82.5 Å². The van der Waals surface area contributed by atoms with Crippen LogP contribution < -0.4 is 24.6 Å². The fourth-order valence-corrected chi connectivity index (χ4v) is 11.1. The van der Waals surface area contributed by atoms with Crippen LogP contribution in [0.15, 0.2) is 66.9 Å². The van der Waals surface area contributed by atoms with Crippen LogP contribution in [0.1, 0.15) is 95.5 Å². The van der Waals surface area contributed by atoms with Crippen LogP contribution in [0.4, 0.5) is 11.6 Å². The molecule has 69 heavy (non-hydrogen) atoms. The highest BCUT2D eigenvalue weighted by molar-refractivity contribution is 6.32. The van der Waals surface area contributed by atoms with Crippen molar-refractivity contribution in [3.63, 3.8) is 0 Å². The van der Waals surface area contributed by atoms with Gasteiger partial charge in [-0.05, 0) is 105 Å². The van der Waals surface area contributed by atoms with E-state index in [0.717, 1.165) is 104 Å². The molecule has 0 aliphatic carbocycles. The molecule has 1 spiro atoms. The minimum atomic E-state index is -0.983. The maximum Gasteiger partial charge on any atom is 0.262 e. The molecule has 3 amide bonds. The first-order chi connectivity index (χ1) is 33.3. The van der Waals surface area contributed by atoms with Crippen molar-refractivity contribution in [2.24, 2.45) is 5.41 Å². The summed E-state index contributed by atoms with van der Waals surface area (Å²) in [6, 6.07) is 21.2. The Morgan fingerprint density at radius 2 is 1.64 bits per heavy atom. The molecule has 1 aromatic heterocycles. The van der Waals surface area contributed by atoms with Crippen molar-refractivity contribution in [2.75, 3.05) is 81.7 Å². The SMILES string of the molecule is CNC(=O)CCC(C=O)N1C(=O)c2ccc(N3CC(N4CCC(N5CCC6(CC5)CN(c5nccc(COc7ccc(C(C)(C)c8cc(Cl)c(OCCCl)c(C#N)c8)cc7)n5)C6)CC4)C3)cc2C1=O. The van der Waals surface area contributed by atoms with Gasteiger partial charge >= 0.3 is 0 Å². The van der Waals surface area contributed by atoms with E-state index in [1.165, 1.54) is 19.9 Å². The Hall–Kier alpha value is -5.79. The van der Waals surface area contributed by atoms with Crippen molar-refractivity contribution in [1.82, 2.24) is 30.0 Å². The Labute approximate surface area is 413 Å². The lowest BCUT2D eigenvalue weighted by Gasteiger charge is -2.55. The second-order valence-electron chi connectivity index (χ2n) is 19.6. The molecule has 15 nitrogen and oxygen atoms in total. The lowest BCUT2D eigenvalue weighted by molar-refractivity contribution is -0.121. The maximum absolute atomic E-state index is 13.4. The molecule has 1 unspecified atom stereocenters. The van der Waals surface area contributed by atoms with Gasteiger partial charge in [0.05, 0.1) is 39.3 Å². The van der Waals surface area contributed by atoms with Crippen LogP contribution in [-0.2, 0) is 21.6 Å². The van der Waals surface area contributed by atoms with Gasteiger partial charge in [-0.2, -0.15) is 5.26 Å². The summed E-state index contributed by atoms with van der Waals surface area (Å²) in [6.45, 7) is 12.8. The van der Waals surface area contributed by atoms with Gasteiger partial charge in [-0.1, -0.05) is 37.6 Å². The molecular formula is C52H59Cl2N9O6. The summed E-state index contributed by atoms with van der Waals surface area (Å²) in [7, 11) is 1.51. The van der Waals surface area contributed by atoms with Crippen molar-refractivity contribution < 1.29 is 28.7 Å². The number of nitrogens with one attached hydrogen (secondary N) is 1. The molecule has 3 aromatic carbocycles. The first-order valence-electron chi connectivity index (χ1n) is 24.0. The number of halogens is 2. The van der Waals surface area contributed by atoms with Crippen LogP contribution in [-0.4, -0.2) is 139 Å². The van der Waals surface area contributed by atoms with Crippen LogP contribution in [0.5, 0.6) is 11.5 Å². The lowest BCUT2D eigenvalue weighted by atomic mass is 9.71. The molecule has 17 heteroatoms. The van der Waals surface area contributed by atoms with Crippen molar-refractivity contribution in [3.05, 3.63) is 105 Å². The van der Waals surface area contributed by atoms with E-state index in [1.807, 2.05) is 54.7 Å². The molecule has 5 aliphatic rings. The van der Waals surface area contributed by atoms with E-state index in [2.05, 4.69) is 49.8 Å². The fraction of sp³-hybridized carbons (Fsp3) is 0.481. The number of aromatic nitrogens is 2. The number of hydrogen-bond acceptors (Lipinski definition) is 13. The number of imide groups is 1. The lowest BCUT2D eigenvalue weighted by Crippen LogP contribution is -2.63. The number of alkyl halides is 1. The number of carbonyl (C=O) groups excluding carboxylic acids is 4.